The first-order valence-electron chi connectivity index (χ1n) is 5.87. The summed E-state index contributed by atoms with van der Waals surface area (Å²) in [5.74, 6) is -0.274. The van der Waals surface area contributed by atoms with E-state index in [1.54, 1.807) is 0 Å². The van der Waals surface area contributed by atoms with E-state index < -0.39 is 0 Å². The summed E-state index contributed by atoms with van der Waals surface area (Å²) in [5, 5.41) is 0. The van der Waals surface area contributed by atoms with Crippen molar-refractivity contribution >= 4 is 18.4 Å². The number of methoxy groups -OCH3 is 1. The molecule has 2 rings (SSSR count). The van der Waals surface area contributed by atoms with Crippen LogP contribution in [0.2, 0.25) is 0 Å². The molecule has 5 heteroatoms. The van der Waals surface area contributed by atoms with Crippen LogP contribution in [0.3, 0.4) is 0 Å². The van der Waals surface area contributed by atoms with Crippen LogP contribution in [0.5, 0.6) is 0 Å². The second kappa shape index (κ2) is 6.73. The maximum atomic E-state index is 11.5. The Balaban J connectivity index is 0.00000162. The molecule has 0 fully saturated rings. The number of carbonyl (C=O) groups excluding carboxylic acids is 1. The van der Waals surface area contributed by atoms with Crippen molar-refractivity contribution in [2.24, 2.45) is 5.73 Å². The Morgan fingerprint density at radius 1 is 1.44 bits per heavy atom. The number of halogens is 1. The van der Waals surface area contributed by atoms with Gasteiger partial charge in [0.05, 0.1) is 12.7 Å². The fraction of sp³-hybridized carbons (Fsp3) is 0.462. The van der Waals surface area contributed by atoms with E-state index in [1.807, 2.05) is 18.2 Å². The molecule has 100 valence electrons. The Morgan fingerprint density at radius 3 is 2.89 bits per heavy atom. The van der Waals surface area contributed by atoms with Crippen molar-refractivity contribution in [2.75, 3.05) is 26.7 Å². The third-order valence-corrected chi connectivity index (χ3v) is 3.16. The van der Waals surface area contributed by atoms with Crippen molar-refractivity contribution in [1.29, 1.82) is 0 Å². The van der Waals surface area contributed by atoms with Gasteiger partial charge >= 0.3 is 5.97 Å². The molecule has 1 aliphatic heterocycles. The van der Waals surface area contributed by atoms with E-state index in [1.165, 1.54) is 18.2 Å². The Kier molecular flexibility index (Phi) is 5.59. The molecule has 0 aliphatic carbocycles. The Bertz CT molecular complexity index is 423. The maximum absolute atomic E-state index is 11.5. The number of ether oxygens (including phenoxy) is 1. The molecule has 0 atom stereocenters. The normalized spacial score (nSPS) is 14.6. The van der Waals surface area contributed by atoms with Gasteiger partial charge in [-0.15, -0.1) is 12.4 Å². The lowest BCUT2D eigenvalue weighted by atomic mass is 9.97. The number of hydrogen-bond acceptors (Lipinski definition) is 4. The zero-order valence-corrected chi connectivity index (χ0v) is 11.3. The van der Waals surface area contributed by atoms with Gasteiger partial charge in [-0.3, -0.25) is 4.90 Å². The molecule has 1 aromatic rings. The highest BCUT2D eigenvalue weighted by Gasteiger charge is 2.17. The number of nitrogens with two attached hydrogens (primary N) is 1. The lowest BCUT2D eigenvalue weighted by Crippen LogP contribution is -2.34. The summed E-state index contributed by atoms with van der Waals surface area (Å²) >= 11 is 0. The molecule has 1 heterocycles. The predicted molar refractivity (Wildman–Crippen MR) is 73.1 cm³/mol. The summed E-state index contributed by atoms with van der Waals surface area (Å²) in [6, 6.07) is 5.80. The zero-order valence-electron chi connectivity index (χ0n) is 10.5. The fourth-order valence-corrected chi connectivity index (χ4v) is 2.23. The lowest BCUT2D eigenvalue weighted by Gasteiger charge is -2.28. The van der Waals surface area contributed by atoms with Gasteiger partial charge in [0.15, 0.2) is 0 Å². The van der Waals surface area contributed by atoms with Gasteiger partial charge in [0, 0.05) is 26.2 Å². The molecule has 0 spiro atoms. The van der Waals surface area contributed by atoms with Crippen LogP contribution in [0.25, 0.3) is 0 Å². The summed E-state index contributed by atoms with van der Waals surface area (Å²) in [4.78, 5) is 13.8. The first-order valence-corrected chi connectivity index (χ1v) is 5.87. The molecule has 4 nitrogen and oxygen atoms in total. The average Bonchev–Trinajstić information content (AvgIpc) is 2.37. The van der Waals surface area contributed by atoms with Crippen LogP contribution in [0.4, 0.5) is 0 Å². The van der Waals surface area contributed by atoms with E-state index in [4.69, 9.17) is 10.5 Å². The van der Waals surface area contributed by atoms with E-state index in [-0.39, 0.29) is 18.4 Å². The Labute approximate surface area is 114 Å². The molecule has 1 aliphatic rings. The number of benzene rings is 1. The van der Waals surface area contributed by atoms with Crippen LogP contribution >= 0.6 is 12.4 Å². The van der Waals surface area contributed by atoms with Crippen LogP contribution in [0.1, 0.15) is 21.5 Å². The van der Waals surface area contributed by atoms with E-state index in [0.717, 1.165) is 26.1 Å². The van der Waals surface area contributed by atoms with Crippen LogP contribution in [0, 0.1) is 0 Å². The quantitative estimate of drug-likeness (QED) is 0.839. The van der Waals surface area contributed by atoms with Gasteiger partial charge in [-0.2, -0.15) is 0 Å². The predicted octanol–water partition coefficient (Wildman–Crippen LogP) is 1.21. The monoisotopic (exact) mass is 270 g/mol. The van der Waals surface area contributed by atoms with E-state index in [0.29, 0.717) is 12.1 Å². The fourth-order valence-electron chi connectivity index (χ4n) is 2.23. The summed E-state index contributed by atoms with van der Waals surface area (Å²) in [6.45, 7) is 3.49. The summed E-state index contributed by atoms with van der Waals surface area (Å²) in [6.07, 6.45) is 1.02. The zero-order chi connectivity index (χ0) is 12.3. The second-order valence-electron chi connectivity index (χ2n) is 4.29. The summed E-state index contributed by atoms with van der Waals surface area (Å²) in [5.41, 5.74) is 8.73. The van der Waals surface area contributed by atoms with Crippen molar-refractivity contribution < 1.29 is 9.53 Å². The molecule has 0 saturated carbocycles. The van der Waals surface area contributed by atoms with Crippen molar-refractivity contribution in [1.82, 2.24) is 4.90 Å². The Hall–Kier alpha value is -1.10. The number of rotatable bonds is 3. The van der Waals surface area contributed by atoms with Gasteiger partial charge in [-0.1, -0.05) is 6.07 Å². The standard InChI is InChI=1S/C13H18N2O2.ClH/c1-17-13(16)11-3-2-10-4-6-15(7-5-14)9-12(10)8-11;/h2-3,8H,4-7,9,14H2,1H3;1H. The lowest BCUT2D eigenvalue weighted by molar-refractivity contribution is 0.0600. The van der Waals surface area contributed by atoms with Crippen molar-refractivity contribution in [2.45, 2.75) is 13.0 Å². The highest BCUT2D eigenvalue weighted by atomic mass is 35.5. The van der Waals surface area contributed by atoms with Crippen LogP contribution < -0.4 is 5.73 Å². The molecular weight excluding hydrogens is 252 g/mol. The first kappa shape index (κ1) is 15.0. The van der Waals surface area contributed by atoms with Gasteiger partial charge < -0.3 is 10.5 Å². The molecule has 18 heavy (non-hydrogen) atoms. The average molecular weight is 271 g/mol. The molecule has 0 bridgehead atoms. The minimum absolute atomic E-state index is 0. The number of hydrogen-bond donors (Lipinski definition) is 1. The molecule has 0 radical (unpaired) electrons. The van der Waals surface area contributed by atoms with E-state index in [2.05, 4.69) is 4.90 Å². The second-order valence-corrected chi connectivity index (χ2v) is 4.29. The van der Waals surface area contributed by atoms with Gasteiger partial charge in [0.1, 0.15) is 0 Å². The third kappa shape index (κ3) is 3.22. The first-order chi connectivity index (χ1) is 8.24. The molecule has 1 aromatic carbocycles. The van der Waals surface area contributed by atoms with Gasteiger partial charge in [0.25, 0.3) is 0 Å². The van der Waals surface area contributed by atoms with Gasteiger partial charge in [0.2, 0.25) is 0 Å². The topological polar surface area (TPSA) is 55.6 Å². The minimum Gasteiger partial charge on any atom is -0.465 e. The molecular formula is C13H19ClN2O2. The SMILES string of the molecule is COC(=O)c1ccc2c(c1)CN(CCN)CC2.Cl. The summed E-state index contributed by atoms with van der Waals surface area (Å²) < 4.78 is 4.73. The maximum Gasteiger partial charge on any atom is 0.337 e. The Morgan fingerprint density at radius 2 is 2.22 bits per heavy atom. The molecule has 2 N–H and O–H groups in total. The van der Waals surface area contributed by atoms with Crippen molar-refractivity contribution in [3.8, 4) is 0 Å². The number of esters is 1. The molecule has 0 amide bonds. The van der Waals surface area contributed by atoms with Crippen molar-refractivity contribution in [3.05, 3.63) is 34.9 Å². The van der Waals surface area contributed by atoms with Gasteiger partial charge in [-0.05, 0) is 29.7 Å². The number of carbonyl (C=O) groups is 1. The number of nitrogens with zero attached hydrogens (tertiary/aromatic N) is 1. The van der Waals surface area contributed by atoms with Crippen LogP contribution in [-0.2, 0) is 17.7 Å². The highest BCUT2D eigenvalue weighted by Crippen LogP contribution is 2.20. The van der Waals surface area contributed by atoms with E-state index >= 15 is 0 Å². The van der Waals surface area contributed by atoms with Crippen LogP contribution in [-0.4, -0.2) is 37.6 Å². The smallest absolute Gasteiger partial charge is 0.337 e. The highest BCUT2D eigenvalue weighted by molar-refractivity contribution is 5.89. The van der Waals surface area contributed by atoms with Crippen LogP contribution in [0.15, 0.2) is 18.2 Å². The molecule has 0 saturated heterocycles. The largest absolute Gasteiger partial charge is 0.465 e. The summed E-state index contributed by atoms with van der Waals surface area (Å²) in [7, 11) is 1.41. The number of fused-ring (bicyclic) bond motifs is 1. The minimum atomic E-state index is -0.274. The van der Waals surface area contributed by atoms with Crippen molar-refractivity contribution in [3.63, 3.8) is 0 Å². The third-order valence-electron chi connectivity index (χ3n) is 3.16. The molecule has 0 unspecified atom stereocenters. The van der Waals surface area contributed by atoms with Gasteiger partial charge in [-0.25, -0.2) is 4.79 Å². The van der Waals surface area contributed by atoms with E-state index in [9.17, 15) is 4.79 Å². The molecule has 0 aromatic heterocycles.